The second-order valence-corrected chi connectivity index (χ2v) is 3.46. The molecule has 2 aliphatic rings. The van der Waals surface area contributed by atoms with Crippen molar-refractivity contribution < 1.29 is 36.2 Å². The normalized spacial score (nSPS) is 12.6. The van der Waals surface area contributed by atoms with E-state index in [0.717, 1.165) is 13.0 Å². The molecule has 0 radical (unpaired) electrons. The van der Waals surface area contributed by atoms with E-state index in [1.807, 2.05) is 0 Å². The Kier molecular flexibility index (Phi) is 3.33. The molecule has 0 aromatic carbocycles. The van der Waals surface area contributed by atoms with Crippen LogP contribution in [0.4, 0.5) is 26.3 Å². The van der Waals surface area contributed by atoms with E-state index in [4.69, 9.17) is 9.90 Å². The number of benzene rings is 1. The maximum absolute atomic E-state index is 12.2. The van der Waals surface area contributed by atoms with Crippen molar-refractivity contribution in [3.05, 3.63) is 23.3 Å². The van der Waals surface area contributed by atoms with Gasteiger partial charge in [0.15, 0.2) is 0 Å². The summed E-state index contributed by atoms with van der Waals surface area (Å²) < 4.78 is 72.9. The minimum Gasteiger partial charge on any atom is -0.481 e. The first kappa shape index (κ1) is 14.3. The van der Waals surface area contributed by atoms with Crippen molar-refractivity contribution in [3.63, 3.8) is 0 Å². The molecule has 0 unspecified atom stereocenters. The van der Waals surface area contributed by atoms with Crippen LogP contribution in [0.5, 0.6) is 0 Å². The van der Waals surface area contributed by atoms with Crippen LogP contribution >= 0.6 is 0 Å². The number of carboxylic acids is 1. The van der Waals surface area contributed by atoms with Gasteiger partial charge in [-0.2, -0.15) is 26.3 Å². The van der Waals surface area contributed by atoms with E-state index in [1.165, 1.54) is 0 Å². The Bertz CT molecular complexity index is 482. The molecule has 0 aliphatic heterocycles. The monoisotopic (exact) mass is 272 g/mol. The number of carbonyl (C=O) groups is 1. The molecule has 0 bridgehead atoms. The largest absolute Gasteiger partial charge is 0.481 e. The fraction of sp³-hybridized carbons (Fsp3) is 0.300. The van der Waals surface area contributed by atoms with Crippen LogP contribution in [0.25, 0.3) is 11.1 Å². The summed E-state index contributed by atoms with van der Waals surface area (Å²) in [5.41, 5.74) is -3.44. The van der Waals surface area contributed by atoms with Crippen molar-refractivity contribution in [2.75, 3.05) is 0 Å². The minimum atomic E-state index is -4.94. The van der Waals surface area contributed by atoms with Gasteiger partial charge in [0.25, 0.3) is 5.97 Å². The Labute approximate surface area is 96.8 Å². The number of fused-ring (bicyclic) bond motifs is 1. The first-order valence-electron chi connectivity index (χ1n) is 4.47. The molecular formula is C10H6F6O2. The van der Waals surface area contributed by atoms with E-state index in [-0.39, 0.29) is 11.1 Å². The topological polar surface area (TPSA) is 37.3 Å². The third-order valence-electron chi connectivity index (χ3n) is 1.95. The van der Waals surface area contributed by atoms with E-state index in [1.54, 1.807) is 0 Å². The van der Waals surface area contributed by atoms with Crippen LogP contribution in [0.1, 0.15) is 18.1 Å². The first-order chi connectivity index (χ1) is 7.94. The van der Waals surface area contributed by atoms with Crippen molar-refractivity contribution in [3.8, 4) is 11.1 Å². The Balaban J connectivity index is 0.000000357. The molecule has 0 heterocycles. The molecular weight excluding hydrogens is 266 g/mol. The SMILES string of the molecule is CC(=O)O.FC(F)(F)c1cc2cc-2c1C(F)(F)F. The number of carboxylic acid groups (broad SMARTS) is 1. The maximum atomic E-state index is 12.2. The average Bonchev–Trinajstić information content (AvgIpc) is 2.70. The molecule has 1 N–H and O–H groups in total. The molecule has 0 saturated carbocycles. The highest BCUT2D eigenvalue weighted by Gasteiger charge is 2.48. The van der Waals surface area contributed by atoms with Crippen molar-refractivity contribution in [1.29, 1.82) is 0 Å². The summed E-state index contributed by atoms with van der Waals surface area (Å²) >= 11 is 0. The molecule has 2 aliphatic carbocycles. The molecule has 100 valence electrons. The van der Waals surface area contributed by atoms with Gasteiger partial charge >= 0.3 is 12.4 Å². The van der Waals surface area contributed by atoms with Gasteiger partial charge in [0.05, 0.1) is 11.1 Å². The van der Waals surface area contributed by atoms with Gasteiger partial charge in [-0.15, -0.1) is 0 Å². The van der Waals surface area contributed by atoms with Crippen LogP contribution in [0.15, 0.2) is 12.1 Å². The molecule has 0 spiro atoms. The lowest BCUT2D eigenvalue weighted by atomic mass is 10.1. The van der Waals surface area contributed by atoms with E-state index in [0.29, 0.717) is 6.07 Å². The van der Waals surface area contributed by atoms with Gasteiger partial charge in [-0.1, -0.05) is 0 Å². The van der Waals surface area contributed by atoms with Crippen molar-refractivity contribution in [2.24, 2.45) is 0 Å². The average molecular weight is 272 g/mol. The number of aliphatic carboxylic acids is 1. The molecule has 0 aromatic rings. The predicted molar refractivity (Wildman–Crippen MR) is 48.7 cm³/mol. The van der Waals surface area contributed by atoms with Gasteiger partial charge in [-0.25, -0.2) is 0 Å². The minimum absolute atomic E-state index is 0.0321. The highest BCUT2D eigenvalue weighted by Crippen LogP contribution is 2.53. The van der Waals surface area contributed by atoms with Crippen LogP contribution in [0.2, 0.25) is 0 Å². The fourth-order valence-electron chi connectivity index (χ4n) is 1.36. The summed E-state index contributed by atoms with van der Waals surface area (Å²) in [6.45, 7) is 1.08. The zero-order chi connectivity index (χ0) is 14.3. The molecule has 8 heteroatoms. The molecule has 0 aromatic heterocycles. The van der Waals surface area contributed by atoms with E-state index in [9.17, 15) is 26.3 Å². The lowest BCUT2D eigenvalue weighted by molar-refractivity contribution is -0.161. The lowest BCUT2D eigenvalue weighted by Gasteiger charge is -2.11. The summed E-state index contributed by atoms with van der Waals surface area (Å²) in [6, 6.07) is 1.61. The molecule has 0 fully saturated rings. The lowest BCUT2D eigenvalue weighted by Crippen LogP contribution is -2.14. The summed E-state index contributed by atoms with van der Waals surface area (Å²) in [5, 5.41) is 7.42. The number of hydrogen-bond acceptors (Lipinski definition) is 1. The highest BCUT2D eigenvalue weighted by molar-refractivity contribution is 5.87. The van der Waals surface area contributed by atoms with Crippen LogP contribution < -0.4 is 0 Å². The maximum Gasteiger partial charge on any atom is 0.417 e. The number of alkyl halides is 6. The van der Waals surface area contributed by atoms with Gasteiger partial charge in [0.1, 0.15) is 0 Å². The first-order valence-corrected chi connectivity index (χ1v) is 4.47. The summed E-state index contributed by atoms with van der Waals surface area (Å²) in [6.07, 6.45) is -9.88. The Morgan fingerprint density at radius 3 is 1.78 bits per heavy atom. The van der Waals surface area contributed by atoms with E-state index < -0.39 is 29.4 Å². The summed E-state index contributed by atoms with van der Waals surface area (Å²) in [5.74, 6) is -0.833. The third-order valence-corrected chi connectivity index (χ3v) is 1.95. The van der Waals surface area contributed by atoms with Gasteiger partial charge in [-0.05, 0) is 23.3 Å². The second kappa shape index (κ2) is 4.18. The standard InChI is InChI=1S/C8H2F6.C2H4O2/c9-7(10,11)5-2-3-1-4(3)6(5)8(12,13)14;1-2(3)4/h1-2H;1H3,(H,3,4). The van der Waals surface area contributed by atoms with Crippen LogP contribution in [-0.2, 0) is 17.1 Å². The van der Waals surface area contributed by atoms with Crippen LogP contribution in [0.3, 0.4) is 0 Å². The molecule has 2 nitrogen and oxygen atoms in total. The second-order valence-electron chi connectivity index (χ2n) is 3.46. The molecule has 18 heavy (non-hydrogen) atoms. The van der Waals surface area contributed by atoms with Gasteiger partial charge in [0.2, 0.25) is 0 Å². The summed E-state index contributed by atoms with van der Waals surface area (Å²) in [7, 11) is 0. The van der Waals surface area contributed by atoms with Gasteiger partial charge in [-0.3, -0.25) is 4.79 Å². The Hall–Kier alpha value is -1.73. The molecule has 0 saturated heterocycles. The Morgan fingerprint density at radius 1 is 1.06 bits per heavy atom. The third kappa shape index (κ3) is 3.14. The van der Waals surface area contributed by atoms with Crippen molar-refractivity contribution >= 4 is 5.97 Å². The molecule has 0 atom stereocenters. The fourth-order valence-corrected chi connectivity index (χ4v) is 1.36. The van der Waals surface area contributed by atoms with Gasteiger partial charge < -0.3 is 5.11 Å². The van der Waals surface area contributed by atoms with Crippen LogP contribution in [-0.4, -0.2) is 11.1 Å². The summed E-state index contributed by atoms with van der Waals surface area (Å²) in [4.78, 5) is 9.00. The zero-order valence-corrected chi connectivity index (χ0v) is 8.78. The van der Waals surface area contributed by atoms with E-state index >= 15 is 0 Å². The smallest absolute Gasteiger partial charge is 0.417 e. The Morgan fingerprint density at radius 2 is 1.50 bits per heavy atom. The van der Waals surface area contributed by atoms with Crippen molar-refractivity contribution in [2.45, 2.75) is 19.3 Å². The van der Waals surface area contributed by atoms with Crippen LogP contribution in [0, 0.1) is 0 Å². The zero-order valence-electron chi connectivity index (χ0n) is 8.78. The number of halogens is 6. The van der Waals surface area contributed by atoms with E-state index in [2.05, 4.69) is 0 Å². The van der Waals surface area contributed by atoms with Gasteiger partial charge in [0, 0.05) is 6.92 Å². The number of hydrogen-bond donors (Lipinski definition) is 1. The predicted octanol–water partition coefficient (Wildman–Crippen LogP) is 3.80. The molecule has 0 amide bonds. The van der Waals surface area contributed by atoms with Crippen molar-refractivity contribution in [1.82, 2.24) is 0 Å². The highest BCUT2D eigenvalue weighted by atomic mass is 19.4. The quantitative estimate of drug-likeness (QED) is 0.741. The molecule has 2 rings (SSSR count). The number of rotatable bonds is 0.